The third-order valence-electron chi connectivity index (χ3n) is 3.51. The van der Waals surface area contributed by atoms with Crippen LogP contribution in [0.3, 0.4) is 0 Å². The number of hydrogen-bond acceptors (Lipinski definition) is 3. The van der Waals surface area contributed by atoms with Gasteiger partial charge in [-0.1, -0.05) is 25.1 Å². The predicted octanol–water partition coefficient (Wildman–Crippen LogP) is 2.14. The molecule has 19 heavy (non-hydrogen) atoms. The molecule has 4 heteroatoms. The quantitative estimate of drug-likeness (QED) is 0.873. The predicted molar refractivity (Wildman–Crippen MR) is 74.9 cm³/mol. The summed E-state index contributed by atoms with van der Waals surface area (Å²) in [5.41, 5.74) is 7.06. The first-order valence-corrected chi connectivity index (χ1v) is 7.01. The first kappa shape index (κ1) is 13.9. The van der Waals surface area contributed by atoms with Crippen molar-refractivity contribution in [3.05, 3.63) is 29.8 Å². The third-order valence-corrected chi connectivity index (χ3v) is 3.51. The standard InChI is InChI=1S/C15H22N2O2/c1-2-12(16)11-7-3-4-8-13(11)19-14-9-5-6-10-17-15(14)18/h3-4,7-8,12,14H,2,5-6,9-10,16H2,1H3,(H,17,18)/t12-,14?/m0/s1. The van der Waals surface area contributed by atoms with Crippen molar-refractivity contribution in [1.82, 2.24) is 5.32 Å². The SMILES string of the molecule is CC[C@H](N)c1ccccc1OC1CCCCNC1=O. The average Bonchev–Trinajstić information content (AvgIpc) is 2.64. The van der Waals surface area contributed by atoms with E-state index in [1.165, 1.54) is 0 Å². The molecule has 1 aliphatic rings. The van der Waals surface area contributed by atoms with Gasteiger partial charge in [-0.15, -0.1) is 0 Å². The minimum absolute atomic E-state index is 0.0163. The molecule has 104 valence electrons. The maximum Gasteiger partial charge on any atom is 0.261 e. The molecule has 1 heterocycles. The average molecular weight is 262 g/mol. The fourth-order valence-electron chi connectivity index (χ4n) is 2.29. The van der Waals surface area contributed by atoms with E-state index in [0.717, 1.165) is 43.5 Å². The van der Waals surface area contributed by atoms with Gasteiger partial charge in [0.25, 0.3) is 5.91 Å². The number of amides is 1. The number of ether oxygens (including phenoxy) is 1. The summed E-state index contributed by atoms with van der Waals surface area (Å²) in [6.45, 7) is 2.79. The van der Waals surface area contributed by atoms with Crippen LogP contribution in [-0.2, 0) is 4.79 Å². The van der Waals surface area contributed by atoms with Gasteiger partial charge in [0.05, 0.1) is 0 Å². The summed E-state index contributed by atoms with van der Waals surface area (Å²) in [5, 5.41) is 2.88. The van der Waals surface area contributed by atoms with E-state index in [2.05, 4.69) is 5.32 Å². The van der Waals surface area contributed by atoms with Crippen molar-refractivity contribution in [2.75, 3.05) is 6.54 Å². The van der Waals surface area contributed by atoms with Gasteiger partial charge in [-0.3, -0.25) is 4.79 Å². The third kappa shape index (κ3) is 3.47. The fourth-order valence-corrected chi connectivity index (χ4v) is 2.29. The smallest absolute Gasteiger partial charge is 0.261 e. The Balaban J connectivity index is 2.15. The Morgan fingerprint density at radius 2 is 2.21 bits per heavy atom. The maximum atomic E-state index is 11.9. The molecule has 2 rings (SSSR count). The minimum Gasteiger partial charge on any atom is -0.480 e. The van der Waals surface area contributed by atoms with E-state index in [9.17, 15) is 4.79 Å². The minimum atomic E-state index is -0.396. The highest BCUT2D eigenvalue weighted by Crippen LogP contribution is 2.27. The maximum absolute atomic E-state index is 11.9. The first-order chi connectivity index (χ1) is 9.22. The van der Waals surface area contributed by atoms with Crippen LogP contribution in [0.15, 0.2) is 24.3 Å². The Hall–Kier alpha value is -1.55. The summed E-state index contributed by atoms with van der Waals surface area (Å²) in [6, 6.07) is 7.67. The number of hydrogen-bond donors (Lipinski definition) is 2. The zero-order valence-electron chi connectivity index (χ0n) is 11.4. The van der Waals surface area contributed by atoms with Crippen LogP contribution in [0.1, 0.15) is 44.2 Å². The molecule has 0 aromatic heterocycles. The van der Waals surface area contributed by atoms with Gasteiger partial charge in [-0.25, -0.2) is 0 Å². The van der Waals surface area contributed by atoms with Gasteiger partial charge >= 0.3 is 0 Å². The van der Waals surface area contributed by atoms with Gasteiger partial charge in [-0.2, -0.15) is 0 Å². The lowest BCUT2D eigenvalue weighted by molar-refractivity contribution is -0.127. The Morgan fingerprint density at radius 3 is 3.00 bits per heavy atom. The number of carbonyl (C=O) groups excluding carboxylic acids is 1. The highest BCUT2D eigenvalue weighted by atomic mass is 16.5. The van der Waals surface area contributed by atoms with Crippen LogP contribution < -0.4 is 15.8 Å². The second kappa shape index (κ2) is 6.57. The van der Waals surface area contributed by atoms with E-state index >= 15 is 0 Å². The van der Waals surface area contributed by atoms with E-state index in [1.54, 1.807) is 0 Å². The molecule has 0 spiro atoms. The summed E-state index contributed by atoms with van der Waals surface area (Å²) in [5.74, 6) is 0.719. The molecular weight excluding hydrogens is 240 g/mol. The van der Waals surface area contributed by atoms with Crippen LogP contribution in [0.4, 0.5) is 0 Å². The van der Waals surface area contributed by atoms with Crippen molar-refractivity contribution in [3.8, 4) is 5.75 Å². The molecule has 1 amide bonds. The van der Waals surface area contributed by atoms with Crippen molar-refractivity contribution < 1.29 is 9.53 Å². The van der Waals surface area contributed by atoms with Gasteiger partial charge in [-0.05, 0) is 31.7 Å². The molecule has 0 bridgehead atoms. The lowest BCUT2D eigenvalue weighted by Gasteiger charge is -2.20. The van der Waals surface area contributed by atoms with Crippen molar-refractivity contribution in [2.45, 2.75) is 44.8 Å². The Kier molecular flexibility index (Phi) is 4.80. The van der Waals surface area contributed by atoms with Crippen LogP contribution in [0.5, 0.6) is 5.75 Å². The molecule has 0 aliphatic carbocycles. The molecule has 1 aromatic carbocycles. The zero-order valence-corrected chi connectivity index (χ0v) is 11.4. The normalized spacial score (nSPS) is 21.4. The Morgan fingerprint density at radius 1 is 1.42 bits per heavy atom. The van der Waals surface area contributed by atoms with Gasteiger partial charge < -0.3 is 15.8 Å². The van der Waals surface area contributed by atoms with Gasteiger partial charge in [0, 0.05) is 18.2 Å². The molecule has 0 radical (unpaired) electrons. The van der Waals surface area contributed by atoms with Crippen molar-refractivity contribution in [1.29, 1.82) is 0 Å². The summed E-state index contributed by atoms with van der Waals surface area (Å²) in [6.07, 6.45) is 3.24. The Labute approximate surface area is 114 Å². The lowest BCUT2D eigenvalue weighted by atomic mass is 10.0. The Bertz CT molecular complexity index is 434. The molecule has 1 aliphatic heterocycles. The molecule has 4 nitrogen and oxygen atoms in total. The highest BCUT2D eigenvalue weighted by molar-refractivity contribution is 5.81. The van der Waals surface area contributed by atoms with Crippen LogP contribution in [0, 0.1) is 0 Å². The van der Waals surface area contributed by atoms with E-state index < -0.39 is 6.10 Å². The fraction of sp³-hybridized carbons (Fsp3) is 0.533. The number of carbonyl (C=O) groups is 1. The van der Waals surface area contributed by atoms with E-state index in [-0.39, 0.29) is 11.9 Å². The molecule has 1 fully saturated rings. The van der Waals surface area contributed by atoms with E-state index in [0.29, 0.717) is 0 Å². The van der Waals surface area contributed by atoms with Crippen molar-refractivity contribution >= 4 is 5.91 Å². The molecular formula is C15H22N2O2. The van der Waals surface area contributed by atoms with Crippen LogP contribution >= 0.6 is 0 Å². The first-order valence-electron chi connectivity index (χ1n) is 7.01. The van der Waals surface area contributed by atoms with Gasteiger partial charge in [0.2, 0.25) is 0 Å². The van der Waals surface area contributed by atoms with Crippen molar-refractivity contribution in [2.24, 2.45) is 5.73 Å². The number of nitrogens with two attached hydrogens (primary N) is 1. The highest BCUT2D eigenvalue weighted by Gasteiger charge is 2.23. The number of nitrogens with one attached hydrogen (secondary N) is 1. The van der Waals surface area contributed by atoms with Crippen LogP contribution in [-0.4, -0.2) is 18.6 Å². The second-order valence-electron chi connectivity index (χ2n) is 4.95. The zero-order chi connectivity index (χ0) is 13.7. The monoisotopic (exact) mass is 262 g/mol. The largest absolute Gasteiger partial charge is 0.480 e. The molecule has 2 atom stereocenters. The number of para-hydroxylation sites is 1. The van der Waals surface area contributed by atoms with Gasteiger partial charge in [0.1, 0.15) is 5.75 Å². The van der Waals surface area contributed by atoms with Gasteiger partial charge in [0.15, 0.2) is 6.10 Å². The molecule has 0 saturated carbocycles. The summed E-state index contributed by atoms with van der Waals surface area (Å²) in [7, 11) is 0. The summed E-state index contributed by atoms with van der Waals surface area (Å²) in [4.78, 5) is 11.9. The number of rotatable bonds is 4. The lowest BCUT2D eigenvalue weighted by Crippen LogP contribution is -2.36. The molecule has 1 unspecified atom stereocenters. The van der Waals surface area contributed by atoms with Crippen molar-refractivity contribution in [3.63, 3.8) is 0 Å². The summed E-state index contributed by atoms with van der Waals surface area (Å²) < 4.78 is 5.91. The summed E-state index contributed by atoms with van der Waals surface area (Å²) >= 11 is 0. The second-order valence-corrected chi connectivity index (χ2v) is 4.95. The topological polar surface area (TPSA) is 64.3 Å². The van der Waals surface area contributed by atoms with Crippen LogP contribution in [0.2, 0.25) is 0 Å². The van der Waals surface area contributed by atoms with E-state index in [1.807, 2.05) is 31.2 Å². The van der Waals surface area contributed by atoms with Crippen LogP contribution in [0.25, 0.3) is 0 Å². The molecule has 3 N–H and O–H groups in total. The molecule has 1 saturated heterocycles. The molecule has 1 aromatic rings. The number of benzene rings is 1. The van der Waals surface area contributed by atoms with E-state index in [4.69, 9.17) is 10.5 Å².